The molecule has 2 atom stereocenters. The van der Waals surface area contributed by atoms with E-state index in [1.807, 2.05) is 30.0 Å². The molecule has 1 aliphatic carbocycles. The van der Waals surface area contributed by atoms with Crippen molar-refractivity contribution in [2.24, 2.45) is 11.7 Å². The minimum atomic E-state index is -0.355. The molecule has 7 heteroatoms. The molecule has 2 unspecified atom stereocenters. The lowest BCUT2D eigenvalue weighted by molar-refractivity contribution is -0.139. The molecule has 1 saturated heterocycles. The second-order valence-corrected chi connectivity index (χ2v) is 7.98. The molecule has 28 heavy (non-hydrogen) atoms. The van der Waals surface area contributed by atoms with Gasteiger partial charge in [-0.05, 0) is 38.0 Å². The van der Waals surface area contributed by atoms with Gasteiger partial charge in [0, 0.05) is 37.1 Å². The van der Waals surface area contributed by atoms with Crippen LogP contribution in [0.25, 0.3) is 10.9 Å². The van der Waals surface area contributed by atoms with E-state index in [-0.39, 0.29) is 42.2 Å². The third kappa shape index (κ3) is 4.53. The highest BCUT2D eigenvalue weighted by molar-refractivity contribution is 5.85. The summed E-state index contributed by atoms with van der Waals surface area (Å²) in [5, 5.41) is 1.16. The Balaban J connectivity index is 0.00000140. The van der Waals surface area contributed by atoms with E-state index in [2.05, 4.69) is 23.1 Å². The number of carbonyl (C=O) groups is 1. The number of hydrogen-bond donors (Lipinski definition) is 1. The highest BCUT2D eigenvalue weighted by Crippen LogP contribution is 2.33. The predicted octanol–water partition coefficient (Wildman–Crippen LogP) is 3.63. The van der Waals surface area contributed by atoms with E-state index in [1.165, 1.54) is 0 Å². The van der Waals surface area contributed by atoms with Crippen molar-refractivity contribution < 1.29 is 4.79 Å². The fraction of sp³-hybridized carbons (Fsp3) is 0.524. The van der Waals surface area contributed by atoms with E-state index in [4.69, 9.17) is 10.7 Å². The predicted molar refractivity (Wildman–Crippen MR) is 120 cm³/mol. The summed E-state index contributed by atoms with van der Waals surface area (Å²) in [4.78, 5) is 22.1. The van der Waals surface area contributed by atoms with Gasteiger partial charge in [0.15, 0.2) is 0 Å². The Labute approximate surface area is 179 Å². The lowest BCUT2D eigenvalue weighted by atomic mass is 9.74. The molecule has 1 saturated carbocycles. The SMILES string of the molecule is CC1(N)CCCCC1C(=O)N1CCN(c2ccc3ccccc3n2)CC1.Cl.Cl. The van der Waals surface area contributed by atoms with Crippen LogP contribution in [-0.4, -0.2) is 47.5 Å². The molecule has 2 N–H and O–H groups in total. The number of hydrogen-bond acceptors (Lipinski definition) is 4. The number of piperazine rings is 1. The first-order valence-electron chi connectivity index (χ1n) is 9.73. The number of fused-ring (bicyclic) bond motifs is 1. The normalized spacial score (nSPS) is 25.0. The standard InChI is InChI=1S/C21H28N4O.2ClH/c1-21(22)11-5-4-7-17(21)20(26)25-14-12-24(13-15-25)19-10-9-16-6-2-3-8-18(16)23-19;;/h2-3,6,8-10,17H,4-5,7,11-15,22H2,1H3;2*1H. The number of nitrogens with two attached hydrogens (primary N) is 1. The maximum atomic E-state index is 13.0. The molecule has 1 aromatic carbocycles. The second-order valence-electron chi connectivity index (χ2n) is 7.98. The zero-order valence-electron chi connectivity index (χ0n) is 16.3. The maximum Gasteiger partial charge on any atom is 0.227 e. The molecule has 2 fully saturated rings. The van der Waals surface area contributed by atoms with Gasteiger partial charge < -0.3 is 15.5 Å². The first-order valence-corrected chi connectivity index (χ1v) is 9.73. The Kier molecular flexibility index (Phi) is 7.54. The summed E-state index contributed by atoms with van der Waals surface area (Å²) in [6.45, 7) is 5.19. The average Bonchev–Trinajstić information content (AvgIpc) is 2.67. The number of benzene rings is 1. The van der Waals surface area contributed by atoms with Crippen molar-refractivity contribution in [2.75, 3.05) is 31.1 Å². The van der Waals surface area contributed by atoms with E-state index in [1.54, 1.807) is 0 Å². The molecule has 1 aliphatic heterocycles. The van der Waals surface area contributed by atoms with E-state index >= 15 is 0 Å². The Bertz CT molecular complexity index is 806. The fourth-order valence-electron chi connectivity index (χ4n) is 4.37. The van der Waals surface area contributed by atoms with E-state index < -0.39 is 0 Å². The summed E-state index contributed by atoms with van der Waals surface area (Å²) >= 11 is 0. The van der Waals surface area contributed by atoms with Gasteiger partial charge in [-0.15, -0.1) is 24.8 Å². The number of aromatic nitrogens is 1. The van der Waals surface area contributed by atoms with Crippen LogP contribution in [0, 0.1) is 5.92 Å². The molecule has 2 aromatic rings. The van der Waals surface area contributed by atoms with Crippen LogP contribution in [0.2, 0.25) is 0 Å². The van der Waals surface area contributed by atoms with Gasteiger partial charge in [-0.25, -0.2) is 4.98 Å². The van der Waals surface area contributed by atoms with Crippen LogP contribution in [-0.2, 0) is 4.79 Å². The average molecular weight is 425 g/mol. The molecule has 5 nitrogen and oxygen atoms in total. The monoisotopic (exact) mass is 424 g/mol. The Morgan fingerprint density at radius 1 is 1.07 bits per heavy atom. The quantitative estimate of drug-likeness (QED) is 0.798. The van der Waals surface area contributed by atoms with E-state index in [9.17, 15) is 4.79 Å². The van der Waals surface area contributed by atoms with Crippen LogP contribution < -0.4 is 10.6 Å². The first kappa shape index (κ1) is 22.7. The number of nitrogens with zero attached hydrogens (tertiary/aromatic N) is 3. The molecule has 0 bridgehead atoms. The van der Waals surface area contributed by atoms with Gasteiger partial charge in [0.05, 0.1) is 11.4 Å². The van der Waals surface area contributed by atoms with Gasteiger partial charge in [-0.1, -0.05) is 31.0 Å². The summed E-state index contributed by atoms with van der Waals surface area (Å²) < 4.78 is 0. The number of halogens is 2. The Morgan fingerprint density at radius 3 is 2.50 bits per heavy atom. The maximum absolute atomic E-state index is 13.0. The zero-order chi connectivity index (χ0) is 18.1. The highest BCUT2D eigenvalue weighted by Gasteiger charge is 2.40. The van der Waals surface area contributed by atoms with Crippen molar-refractivity contribution in [3.63, 3.8) is 0 Å². The van der Waals surface area contributed by atoms with Gasteiger partial charge in [0.2, 0.25) is 5.91 Å². The van der Waals surface area contributed by atoms with Crippen molar-refractivity contribution in [1.29, 1.82) is 0 Å². The van der Waals surface area contributed by atoms with Crippen molar-refractivity contribution in [3.8, 4) is 0 Å². The van der Waals surface area contributed by atoms with Gasteiger partial charge in [0.25, 0.3) is 0 Å². The number of anilines is 1. The molecule has 4 rings (SSSR count). The van der Waals surface area contributed by atoms with Crippen molar-refractivity contribution in [1.82, 2.24) is 9.88 Å². The molecular formula is C21H30Cl2N4O. The molecular weight excluding hydrogens is 395 g/mol. The van der Waals surface area contributed by atoms with Crippen molar-refractivity contribution in [3.05, 3.63) is 36.4 Å². The van der Waals surface area contributed by atoms with Crippen LogP contribution in [0.15, 0.2) is 36.4 Å². The Morgan fingerprint density at radius 2 is 1.79 bits per heavy atom. The summed E-state index contributed by atoms with van der Waals surface area (Å²) in [5.74, 6) is 1.22. The van der Waals surface area contributed by atoms with Crippen LogP contribution in [0.4, 0.5) is 5.82 Å². The largest absolute Gasteiger partial charge is 0.353 e. The van der Waals surface area contributed by atoms with Crippen LogP contribution in [0.5, 0.6) is 0 Å². The fourth-order valence-corrected chi connectivity index (χ4v) is 4.37. The lowest BCUT2D eigenvalue weighted by Crippen LogP contribution is -2.57. The summed E-state index contributed by atoms with van der Waals surface area (Å²) in [5.41, 5.74) is 7.10. The lowest BCUT2D eigenvalue weighted by Gasteiger charge is -2.42. The molecule has 2 aliphatic rings. The van der Waals surface area contributed by atoms with Crippen LogP contribution in [0.1, 0.15) is 32.6 Å². The third-order valence-electron chi connectivity index (χ3n) is 6.05. The number of carbonyl (C=O) groups excluding carboxylic acids is 1. The smallest absolute Gasteiger partial charge is 0.227 e. The third-order valence-corrected chi connectivity index (χ3v) is 6.05. The molecule has 2 heterocycles. The van der Waals surface area contributed by atoms with Gasteiger partial charge in [-0.3, -0.25) is 4.79 Å². The summed E-state index contributed by atoms with van der Waals surface area (Å²) in [7, 11) is 0. The molecule has 1 aromatic heterocycles. The number of rotatable bonds is 2. The Hall–Kier alpha value is -1.56. The number of para-hydroxylation sites is 1. The van der Waals surface area contributed by atoms with E-state index in [0.717, 1.165) is 68.6 Å². The van der Waals surface area contributed by atoms with Crippen molar-refractivity contribution >= 4 is 47.4 Å². The summed E-state index contributed by atoms with van der Waals surface area (Å²) in [6, 6.07) is 12.4. The highest BCUT2D eigenvalue weighted by atomic mass is 35.5. The van der Waals surface area contributed by atoms with Crippen LogP contribution >= 0.6 is 24.8 Å². The number of amides is 1. The molecule has 0 spiro atoms. The topological polar surface area (TPSA) is 62.5 Å². The minimum Gasteiger partial charge on any atom is -0.353 e. The van der Waals surface area contributed by atoms with Crippen molar-refractivity contribution in [2.45, 2.75) is 38.1 Å². The van der Waals surface area contributed by atoms with E-state index in [0.29, 0.717) is 0 Å². The van der Waals surface area contributed by atoms with Gasteiger partial charge in [0.1, 0.15) is 5.82 Å². The molecule has 154 valence electrons. The van der Waals surface area contributed by atoms with Crippen LogP contribution in [0.3, 0.4) is 0 Å². The van der Waals surface area contributed by atoms with Gasteiger partial charge in [-0.2, -0.15) is 0 Å². The van der Waals surface area contributed by atoms with Gasteiger partial charge >= 0.3 is 0 Å². The number of pyridine rings is 1. The molecule has 0 radical (unpaired) electrons. The zero-order valence-corrected chi connectivity index (χ0v) is 18.0. The minimum absolute atomic E-state index is 0. The summed E-state index contributed by atoms with van der Waals surface area (Å²) in [6.07, 6.45) is 4.13. The second kappa shape index (κ2) is 9.29. The molecule has 1 amide bonds. The first-order chi connectivity index (χ1) is 12.5.